The van der Waals surface area contributed by atoms with Gasteiger partial charge in [0.2, 0.25) is 10.0 Å². The van der Waals surface area contributed by atoms with E-state index in [1.807, 2.05) is 6.92 Å². The topological polar surface area (TPSA) is 63.4 Å². The quantitative estimate of drug-likeness (QED) is 0.615. The monoisotopic (exact) mass is 200 g/mol. The van der Waals surface area contributed by atoms with Gasteiger partial charge in [-0.05, 0) is 6.92 Å². The van der Waals surface area contributed by atoms with Gasteiger partial charge in [0.25, 0.3) is 0 Å². The van der Waals surface area contributed by atoms with Crippen molar-refractivity contribution < 1.29 is 8.42 Å². The summed E-state index contributed by atoms with van der Waals surface area (Å²) in [6.45, 7) is 2.74. The van der Waals surface area contributed by atoms with Crippen molar-refractivity contribution in [1.82, 2.24) is 4.31 Å². The van der Waals surface area contributed by atoms with Gasteiger partial charge in [0.1, 0.15) is 0 Å². The molecule has 0 aromatic heterocycles. The van der Waals surface area contributed by atoms with Gasteiger partial charge in [-0.3, -0.25) is 0 Å². The third kappa shape index (κ3) is 2.59. The molecule has 0 radical (unpaired) electrons. The SMILES string of the molecule is CC1(N)CN(S(C)(=O)=O)C1.Cl. The maximum atomic E-state index is 10.8. The molecule has 1 aliphatic rings. The Bertz CT molecular complexity index is 229. The molecular formula is C5H13ClN2O2S. The maximum Gasteiger partial charge on any atom is 0.211 e. The summed E-state index contributed by atoms with van der Waals surface area (Å²) in [6.07, 6.45) is 1.20. The zero-order valence-electron chi connectivity index (χ0n) is 6.57. The first-order valence-corrected chi connectivity index (χ1v) is 4.90. The van der Waals surface area contributed by atoms with Crippen LogP contribution < -0.4 is 5.73 Å². The number of nitrogens with zero attached hydrogens (tertiary/aromatic N) is 1. The normalized spacial score (nSPS) is 23.5. The van der Waals surface area contributed by atoms with Crippen molar-refractivity contribution in [2.45, 2.75) is 12.5 Å². The predicted octanol–water partition coefficient (Wildman–Crippen LogP) is -0.599. The van der Waals surface area contributed by atoms with Crippen LogP contribution in [0.2, 0.25) is 0 Å². The Hall–Kier alpha value is 0.160. The van der Waals surface area contributed by atoms with Gasteiger partial charge >= 0.3 is 0 Å². The molecule has 0 bridgehead atoms. The first kappa shape index (κ1) is 11.2. The molecule has 0 saturated carbocycles. The molecule has 1 aliphatic heterocycles. The van der Waals surface area contributed by atoms with Gasteiger partial charge in [0, 0.05) is 18.6 Å². The summed E-state index contributed by atoms with van der Waals surface area (Å²) in [5.74, 6) is 0. The fourth-order valence-corrected chi connectivity index (χ4v) is 2.05. The number of halogens is 1. The van der Waals surface area contributed by atoms with Crippen molar-refractivity contribution in [3.63, 3.8) is 0 Å². The third-order valence-electron chi connectivity index (χ3n) is 1.54. The molecule has 4 nitrogen and oxygen atoms in total. The summed E-state index contributed by atoms with van der Waals surface area (Å²) >= 11 is 0. The van der Waals surface area contributed by atoms with Crippen molar-refractivity contribution >= 4 is 22.4 Å². The van der Waals surface area contributed by atoms with Gasteiger partial charge in [-0.1, -0.05) is 0 Å². The molecule has 0 atom stereocenters. The molecule has 11 heavy (non-hydrogen) atoms. The minimum atomic E-state index is -2.98. The molecule has 0 spiro atoms. The summed E-state index contributed by atoms with van der Waals surface area (Å²) < 4.78 is 22.9. The van der Waals surface area contributed by atoms with E-state index in [4.69, 9.17) is 5.73 Å². The second-order valence-corrected chi connectivity index (χ2v) is 5.17. The van der Waals surface area contributed by atoms with Crippen LogP contribution in [-0.2, 0) is 10.0 Å². The summed E-state index contributed by atoms with van der Waals surface area (Å²) in [5.41, 5.74) is 5.30. The number of hydrogen-bond acceptors (Lipinski definition) is 3. The van der Waals surface area contributed by atoms with Crippen molar-refractivity contribution in [3.05, 3.63) is 0 Å². The van der Waals surface area contributed by atoms with Crippen molar-refractivity contribution in [2.75, 3.05) is 19.3 Å². The summed E-state index contributed by atoms with van der Waals surface area (Å²) in [6, 6.07) is 0. The first-order chi connectivity index (χ1) is 4.31. The van der Waals surface area contributed by atoms with E-state index in [1.165, 1.54) is 10.6 Å². The lowest BCUT2D eigenvalue weighted by molar-refractivity contribution is 0.177. The largest absolute Gasteiger partial charge is 0.323 e. The predicted molar refractivity (Wildman–Crippen MR) is 46.3 cm³/mol. The Morgan fingerprint density at radius 3 is 1.91 bits per heavy atom. The highest BCUT2D eigenvalue weighted by molar-refractivity contribution is 7.88. The van der Waals surface area contributed by atoms with Crippen molar-refractivity contribution in [3.8, 4) is 0 Å². The van der Waals surface area contributed by atoms with Crippen LogP contribution in [0.15, 0.2) is 0 Å². The van der Waals surface area contributed by atoms with Crippen LogP contribution in [-0.4, -0.2) is 37.6 Å². The Labute approximate surface area is 73.2 Å². The highest BCUT2D eigenvalue weighted by Crippen LogP contribution is 2.19. The van der Waals surface area contributed by atoms with Crippen LogP contribution in [0.3, 0.4) is 0 Å². The smallest absolute Gasteiger partial charge is 0.211 e. The fraction of sp³-hybridized carbons (Fsp3) is 1.00. The molecule has 0 amide bonds. The number of hydrogen-bond donors (Lipinski definition) is 1. The first-order valence-electron chi connectivity index (χ1n) is 3.05. The summed E-state index contributed by atoms with van der Waals surface area (Å²) in [4.78, 5) is 0. The van der Waals surface area contributed by atoms with E-state index in [0.717, 1.165) is 0 Å². The fourth-order valence-electron chi connectivity index (χ4n) is 0.994. The molecule has 0 unspecified atom stereocenters. The van der Waals surface area contributed by atoms with Gasteiger partial charge in [-0.2, -0.15) is 4.31 Å². The average Bonchev–Trinajstić information content (AvgIpc) is 1.56. The molecule has 0 aromatic rings. The van der Waals surface area contributed by atoms with Crippen LogP contribution in [0.5, 0.6) is 0 Å². The van der Waals surface area contributed by atoms with Gasteiger partial charge in [-0.25, -0.2) is 8.42 Å². The van der Waals surface area contributed by atoms with Crippen LogP contribution in [0.25, 0.3) is 0 Å². The highest BCUT2D eigenvalue weighted by atomic mass is 35.5. The summed E-state index contributed by atoms with van der Waals surface area (Å²) in [5, 5.41) is 0. The van der Waals surface area contributed by atoms with Gasteiger partial charge in [0.15, 0.2) is 0 Å². The van der Waals surface area contributed by atoms with E-state index >= 15 is 0 Å². The molecule has 1 rings (SSSR count). The van der Waals surface area contributed by atoms with Gasteiger partial charge in [0.05, 0.1) is 6.26 Å². The van der Waals surface area contributed by atoms with Crippen LogP contribution in [0.4, 0.5) is 0 Å². The lowest BCUT2D eigenvalue weighted by Crippen LogP contribution is -2.66. The van der Waals surface area contributed by atoms with E-state index in [9.17, 15) is 8.42 Å². The van der Waals surface area contributed by atoms with Crippen molar-refractivity contribution in [2.24, 2.45) is 5.73 Å². The molecule has 1 heterocycles. The Kier molecular flexibility index (Phi) is 2.94. The molecule has 1 fully saturated rings. The zero-order valence-corrected chi connectivity index (χ0v) is 8.20. The Morgan fingerprint density at radius 2 is 1.82 bits per heavy atom. The van der Waals surface area contributed by atoms with E-state index in [-0.39, 0.29) is 17.9 Å². The average molecular weight is 201 g/mol. The number of rotatable bonds is 1. The lowest BCUT2D eigenvalue weighted by atomic mass is 9.97. The third-order valence-corrected chi connectivity index (χ3v) is 2.74. The maximum absolute atomic E-state index is 10.8. The van der Waals surface area contributed by atoms with E-state index < -0.39 is 10.0 Å². The minimum Gasteiger partial charge on any atom is -0.323 e. The molecule has 0 aromatic carbocycles. The van der Waals surface area contributed by atoms with Crippen LogP contribution in [0, 0.1) is 0 Å². The second kappa shape index (κ2) is 2.90. The van der Waals surface area contributed by atoms with E-state index in [1.54, 1.807) is 0 Å². The Morgan fingerprint density at radius 1 is 1.45 bits per heavy atom. The highest BCUT2D eigenvalue weighted by Gasteiger charge is 2.39. The van der Waals surface area contributed by atoms with Gasteiger partial charge < -0.3 is 5.73 Å². The van der Waals surface area contributed by atoms with Crippen LogP contribution in [0.1, 0.15) is 6.92 Å². The molecule has 6 heteroatoms. The standard InChI is InChI=1S/C5H12N2O2S.ClH/c1-5(6)3-7(4-5)10(2,8)9;/h3-4,6H2,1-2H3;1H. The zero-order chi connectivity index (χ0) is 7.99. The number of sulfonamides is 1. The molecule has 0 aliphatic carbocycles. The molecule has 1 saturated heterocycles. The lowest BCUT2D eigenvalue weighted by Gasteiger charge is -2.43. The summed E-state index contributed by atoms with van der Waals surface area (Å²) in [7, 11) is -2.98. The van der Waals surface area contributed by atoms with Crippen molar-refractivity contribution in [1.29, 1.82) is 0 Å². The van der Waals surface area contributed by atoms with Crippen LogP contribution >= 0.6 is 12.4 Å². The minimum absolute atomic E-state index is 0. The molecular weight excluding hydrogens is 188 g/mol. The van der Waals surface area contributed by atoms with Gasteiger partial charge in [-0.15, -0.1) is 12.4 Å². The Balaban J connectivity index is 0.000001000. The molecule has 2 N–H and O–H groups in total. The molecule has 68 valence electrons. The van der Waals surface area contributed by atoms with E-state index in [0.29, 0.717) is 13.1 Å². The van der Waals surface area contributed by atoms with E-state index in [2.05, 4.69) is 0 Å². The second-order valence-electron chi connectivity index (χ2n) is 3.19. The number of nitrogens with two attached hydrogens (primary N) is 1.